The molecule has 0 unspecified atom stereocenters. The Kier molecular flexibility index (Phi) is 2.72. The third-order valence-corrected chi connectivity index (χ3v) is 2.94. The first-order chi connectivity index (χ1) is 9.25. The first-order valence-corrected chi connectivity index (χ1v) is 5.87. The Morgan fingerprint density at radius 1 is 1.05 bits per heavy atom. The summed E-state index contributed by atoms with van der Waals surface area (Å²) in [6, 6.07) is 12.9. The highest BCUT2D eigenvalue weighted by Crippen LogP contribution is 2.06. The fraction of sp³-hybridized carbons (Fsp3) is 0.0714. The van der Waals surface area contributed by atoms with E-state index in [-0.39, 0.29) is 0 Å². The number of benzene rings is 1. The Balaban J connectivity index is 2.24. The van der Waals surface area contributed by atoms with Crippen LogP contribution in [0.5, 0.6) is 0 Å². The van der Waals surface area contributed by atoms with Crippen LogP contribution in [0.4, 0.5) is 0 Å². The quantitative estimate of drug-likeness (QED) is 0.744. The molecule has 3 rings (SSSR count). The second kappa shape index (κ2) is 4.53. The second-order valence-electron chi connectivity index (χ2n) is 4.21. The van der Waals surface area contributed by atoms with E-state index >= 15 is 0 Å². The van der Waals surface area contributed by atoms with Gasteiger partial charge in [0.1, 0.15) is 5.65 Å². The Morgan fingerprint density at radius 3 is 2.63 bits per heavy atom. The van der Waals surface area contributed by atoms with Crippen molar-refractivity contribution < 1.29 is 0 Å². The Labute approximate surface area is 108 Å². The average molecular weight is 253 g/mol. The topological polar surface area (TPSA) is 67.8 Å². The summed E-state index contributed by atoms with van der Waals surface area (Å²) >= 11 is 0. The molecule has 1 N–H and O–H groups in total. The minimum Gasteiger partial charge on any atom is -0.273 e. The van der Waals surface area contributed by atoms with Crippen molar-refractivity contribution in [2.75, 3.05) is 0 Å². The van der Waals surface area contributed by atoms with E-state index in [1.54, 1.807) is 18.3 Å². The third-order valence-electron chi connectivity index (χ3n) is 2.94. The SMILES string of the molecule is O=c1[nH]c(=O)n(Cc2ccccc2)c2ncccc12. The molecular weight excluding hydrogens is 242 g/mol. The number of rotatable bonds is 2. The van der Waals surface area contributed by atoms with Crippen molar-refractivity contribution in [3.8, 4) is 0 Å². The van der Waals surface area contributed by atoms with Gasteiger partial charge in [-0.05, 0) is 17.7 Å². The molecule has 0 bridgehead atoms. The maximum atomic E-state index is 11.9. The molecule has 3 aromatic rings. The van der Waals surface area contributed by atoms with Gasteiger partial charge in [0.25, 0.3) is 5.56 Å². The number of nitrogens with one attached hydrogen (secondary N) is 1. The lowest BCUT2D eigenvalue weighted by molar-refractivity contribution is 0.746. The van der Waals surface area contributed by atoms with Crippen LogP contribution in [0.15, 0.2) is 58.3 Å². The summed E-state index contributed by atoms with van der Waals surface area (Å²) < 4.78 is 1.46. The van der Waals surface area contributed by atoms with Gasteiger partial charge in [0.15, 0.2) is 0 Å². The lowest BCUT2D eigenvalue weighted by Crippen LogP contribution is -2.31. The van der Waals surface area contributed by atoms with Gasteiger partial charge < -0.3 is 0 Å². The lowest BCUT2D eigenvalue weighted by atomic mass is 10.2. The van der Waals surface area contributed by atoms with Gasteiger partial charge in [-0.3, -0.25) is 14.3 Å². The highest BCUT2D eigenvalue weighted by molar-refractivity contribution is 5.73. The second-order valence-corrected chi connectivity index (χ2v) is 4.21. The summed E-state index contributed by atoms with van der Waals surface area (Å²) in [5.74, 6) is 0. The van der Waals surface area contributed by atoms with Crippen molar-refractivity contribution in [3.63, 3.8) is 0 Å². The average Bonchev–Trinajstić information content (AvgIpc) is 2.45. The van der Waals surface area contributed by atoms with Crippen LogP contribution in [0.1, 0.15) is 5.56 Å². The van der Waals surface area contributed by atoms with Crippen LogP contribution in [0.2, 0.25) is 0 Å². The molecule has 2 aromatic heterocycles. The minimum atomic E-state index is -0.444. The van der Waals surface area contributed by atoms with E-state index in [1.807, 2.05) is 30.3 Å². The van der Waals surface area contributed by atoms with Crippen LogP contribution in [0.25, 0.3) is 11.0 Å². The Morgan fingerprint density at radius 2 is 1.84 bits per heavy atom. The van der Waals surface area contributed by atoms with Gasteiger partial charge in [-0.15, -0.1) is 0 Å². The zero-order chi connectivity index (χ0) is 13.2. The fourth-order valence-corrected chi connectivity index (χ4v) is 2.03. The van der Waals surface area contributed by atoms with Gasteiger partial charge in [0.2, 0.25) is 0 Å². The minimum absolute atomic E-state index is 0.379. The summed E-state index contributed by atoms with van der Waals surface area (Å²) in [5, 5.41) is 0.415. The number of pyridine rings is 1. The summed E-state index contributed by atoms with van der Waals surface area (Å²) in [6.07, 6.45) is 1.57. The molecule has 0 aliphatic heterocycles. The molecule has 94 valence electrons. The molecule has 0 saturated carbocycles. The zero-order valence-electron chi connectivity index (χ0n) is 10.0. The molecule has 2 heterocycles. The van der Waals surface area contributed by atoms with Crippen molar-refractivity contribution in [3.05, 3.63) is 75.1 Å². The molecule has 5 nitrogen and oxygen atoms in total. The number of hydrogen-bond donors (Lipinski definition) is 1. The summed E-state index contributed by atoms with van der Waals surface area (Å²) in [7, 11) is 0. The van der Waals surface area contributed by atoms with E-state index in [2.05, 4.69) is 9.97 Å². The van der Waals surface area contributed by atoms with Crippen molar-refractivity contribution in [1.82, 2.24) is 14.5 Å². The summed E-state index contributed by atoms with van der Waals surface area (Å²) in [4.78, 5) is 30.1. The van der Waals surface area contributed by atoms with Gasteiger partial charge >= 0.3 is 5.69 Å². The zero-order valence-corrected chi connectivity index (χ0v) is 10.0. The van der Waals surface area contributed by atoms with E-state index in [9.17, 15) is 9.59 Å². The molecule has 0 fully saturated rings. The molecule has 19 heavy (non-hydrogen) atoms. The smallest absolute Gasteiger partial charge is 0.273 e. The first kappa shape index (κ1) is 11.4. The highest BCUT2D eigenvalue weighted by atomic mass is 16.2. The van der Waals surface area contributed by atoms with Crippen LogP contribution in [0.3, 0.4) is 0 Å². The van der Waals surface area contributed by atoms with Crippen LogP contribution < -0.4 is 11.2 Å². The van der Waals surface area contributed by atoms with E-state index < -0.39 is 11.2 Å². The third kappa shape index (κ3) is 2.06. The summed E-state index contributed by atoms with van der Waals surface area (Å²) in [6.45, 7) is 0.379. The first-order valence-electron chi connectivity index (χ1n) is 5.87. The molecule has 0 aliphatic carbocycles. The molecule has 0 amide bonds. The van der Waals surface area contributed by atoms with Crippen LogP contribution in [-0.2, 0) is 6.54 Å². The lowest BCUT2D eigenvalue weighted by Gasteiger charge is -2.08. The number of aromatic nitrogens is 3. The van der Waals surface area contributed by atoms with E-state index in [4.69, 9.17) is 0 Å². The number of hydrogen-bond acceptors (Lipinski definition) is 3. The van der Waals surface area contributed by atoms with Crippen molar-refractivity contribution in [1.29, 1.82) is 0 Å². The predicted octanol–water partition coefficient (Wildman–Crippen LogP) is 1.13. The fourth-order valence-electron chi connectivity index (χ4n) is 2.03. The van der Waals surface area contributed by atoms with E-state index in [0.29, 0.717) is 17.6 Å². The monoisotopic (exact) mass is 253 g/mol. The molecule has 0 radical (unpaired) electrons. The van der Waals surface area contributed by atoms with Crippen molar-refractivity contribution in [2.45, 2.75) is 6.54 Å². The standard InChI is InChI=1S/C14H11N3O2/c18-13-11-7-4-8-15-12(11)17(14(19)16-13)9-10-5-2-1-3-6-10/h1-8H,9H2,(H,16,18,19). The van der Waals surface area contributed by atoms with Crippen molar-refractivity contribution in [2.24, 2.45) is 0 Å². The molecule has 0 atom stereocenters. The van der Waals surface area contributed by atoms with Crippen LogP contribution >= 0.6 is 0 Å². The van der Waals surface area contributed by atoms with Gasteiger partial charge in [-0.2, -0.15) is 0 Å². The molecule has 0 spiro atoms. The van der Waals surface area contributed by atoms with Crippen LogP contribution in [-0.4, -0.2) is 14.5 Å². The number of nitrogens with zero attached hydrogens (tertiary/aromatic N) is 2. The van der Waals surface area contributed by atoms with E-state index in [1.165, 1.54) is 4.57 Å². The number of fused-ring (bicyclic) bond motifs is 1. The largest absolute Gasteiger partial charge is 0.330 e. The molecule has 5 heteroatoms. The number of H-pyrrole nitrogens is 1. The number of aromatic amines is 1. The highest BCUT2D eigenvalue weighted by Gasteiger charge is 2.08. The van der Waals surface area contributed by atoms with Gasteiger partial charge in [-0.25, -0.2) is 9.78 Å². The van der Waals surface area contributed by atoms with Gasteiger partial charge in [0, 0.05) is 6.20 Å². The Hall–Kier alpha value is -2.69. The molecule has 1 aromatic carbocycles. The molecule has 0 saturated heterocycles. The Bertz CT molecular complexity index is 834. The normalized spacial score (nSPS) is 10.7. The van der Waals surface area contributed by atoms with E-state index in [0.717, 1.165) is 5.56 Å². The van der Waals surface area contributed by atoms with Gasteiger partial charge in [-0.1, -0.05) is 30.3 Å². The van der Waals surface area contributed by atoms with Crippen molar-refractivity contribution >= 4 is 11.0 Å². The maximum absolute atomic E-state index is 11.9. The summed E-state index contributed by atoms with van der Waals surface area (Å²) in [5.41, 5.74) is 0.529. The van der Waals surface area contributed by atoms with Gasteiger partial charge in [0.05, 0.1) is 11.9 Å². The van der Waals surface area contributed by atoms with Crippen LogP contribution in [0, 0.1) is 0 Å². The molecular formula is C14H11N3O2. The maximum Gasteiger partial charge on any atom is 0.330 e. The molecule has 0 aliphatic rings. The predicted molar refractivity (Wildman–Crippen MR) is 72.2 cm³/mol.